The number of hydrogen-bond acceptors (Lipinski definition) is 3. The highest BCUT2D eigenvalue weighted by molar-refractivity contribution is 7.89. The van der Waals surface area contributed by atoms with Gasteiger partial charge in [0.05, 0.1) is 4.90 Å². The third kappa shape index (κ3) is 3.68. The second kappa shape index (κ2) is 6.19. The van der Waals surface area contributed by atoms with Gasteiger partial charge in [-0.1, -0.05) is 17.7 Å². The SMILES string of the molecule is Cc1ccc(S(=O)(=O)NCCCn2cccn2)c(C)c1. The highest BCUT2D eigenvalue weighted by Crippen LogP contribution is 2.16. The lowest BCUT2D eigenvalue weighted by Crippen LogP contribution is -2.26. The molecule has 0 bridgehead atoms. The highest BCUT2D eigenvalue weighted by Gasteiger charge is 2.15. The Hall–Kier alpha value is -1.66. The van der Waals surface area contributed by atoms with E-state index in [2.05, 4.69) is 9.82 Å². The summed E-state index contributed by atoms with van der Waals surface area (Å²) in [7, 11) is -3.43. The minimum atomic E-state index is -3.43. The van der Waals surface area contributed by atoms with Gasteiger partial charge in [-0.3, -0.25) is 4.68 Å². The van der Waals surface area contributed by atoms with Gasteiger partial charge in [-0.2, -0.15) is 5.10 Å². The van der Waals surface area contributed by atoms with E-state index < -0.39 is 10.0 Å². The van der Waals surface area contributed by atoms with E-state index in [1.54, 1.807) is 16.9 Å². The average Bonchev–Trinajstić information content (AvgIpc) is 2.87. The Balaban J connectivity index is 1.93. The molecule has 0 fully saturated rings. The lowest BCUT2D eigenvalue weighted by molar-refractivity contribution is 0.552. The van der Waals surface area contributed by atoms with E-state index in [0.29, 0.717) is 24.4 Å². The Morgan fingerprint density at radius 2 is 2.10 bits per heavy atom. The van der Waals surface area contributed by atoms with Crippen LogP contribution in [0.5, 0.6) is 0 Å². The molecular formula is C14H19N3O2S. The molecule has 1 aromatic heterocycles. The van der Waals surface area contributed by atoms with Crippen LogP contribution in [0.3, 0.4) is 0 Å². The lowest BCUT2D eigenvalue weighted by atomic mass is 10.2. The molecule has 0 unspecified atom stereocenters. The van der Waals surface area contributed by atoms with Crippen molar-refractivity contribution in [1.29, 1.82) is 0 Å². The fraction of sp³-hybridized carbons (Fsp3) is 0.357. The topological polar surface area (TPSA) is 64.0 Å². The van der Waals surface area contributed by atoms with Crippen LogP contribution in [-0.2, 0) is 16.6 Å². The van der Waals surface area contributed by atoms with Crippen molar-refractivity contribution in [3.05, 3.63) is 47.8 Å². The van der Waals surface area contributed by atoms with Crippen LogP contribution < -0.4 is 4.72 Å². The van der Waals surface area contributed by atoms with Crippen LogP contribution in [0.1, 0.15) is 17.5 Å². The maximum absolute atomic E-state index is 12.2. The minimum absolute atomic E-state index is 0.349. The standard InChI is InChI=1S/C14H19N3O2S/c1-12-5-6-14(13(2)11-12)20(18,19)16-8-4-10-17-9-3-7-15-17/h3,5-7,9,11,16H,4,8,10H2,1-2H3. The predicted molar refractivity (Wildman–Crippen MR) is 77.9 cm³/mol. The molecule has 0 radical (unpaired) electrons. The molecular weight excluding hydrogens is 274 g/mol. The van der Waals surface area contributed by atoms with Crippen molar-refractivity contribution < 1.29 is 8.42 Å². The molecule has 0 aliphatic carbocycles. The number of nitrogens with zero attached hydrogens (tertiary/aromatic N) is 2. The number of rotatable bonds is 6. The number of aryl methyl sites for hydroxylation is 3. The second-order valence-electron chi connectivity index (χ2n) is 4.79. The number of aromatic nitrogens is 2. The van der Waals surface area contributed by atoms with E-state index in [1.165, 1.54) is 0 Å². The summed E-state index contributed by atoms with van der Waals surface area (Å²) in [4.78, 5) is 0.349. The first-order chi connectivity index (χ1) is 9.49. The van der Waals surface area contributed by atoms with Gasteiger partial charge < -0.3 is 0 Å². The van der Waals surface area contributed by atoms with Crippen LogP contribution in [0.15, 0.2) is 41.6 Å². The molecule has 0 spiro atoms. The highest BCUT2D eigenvalue weighted by atomic mass is 32.2. The van der Waals surface area contributed by atoms with E-state index in [1.807, 2.05) is 38.2 Å². The summed E-state index contributed by atoms with van der Waals surface area (Å²) in [5, 5.41) is 4.07. The van der Waals surface area contributed by atoms with Gasteiger partial charge in [0.2, 0.25) is 10.0 Å². The van der Waals surface area contributed by atoms with Gasteiger partial charge in [0.25, 0.3) is 0 Å². The zero-order chi connectivity index (χ0) is 14.6. The Bertz CT molecular complexity index is 664. The van der Waals surface area contributed by atoms with Gasteiger partial charge in [-0.05, 0) is 38.0 Å². The monoisotopic (exact) mass is 293 g/mol. The van der Waals surface area contributed by atoms with Crippen molar-refractivity contribution in [1.82, 2.24) is 14.5 Å². The first-order valence-corrected chi connectivity index (χ1v) is 8.02. The van der Waals surface area contributed by atoms with Crippen molar-refractivity contribution in [2.75, 3.05) is 6.54 Å². The number of nitrogens with one attached hydrogen (secondary N) is 1. The van der Waals surface area contributed by atoms with Gasteiger partial charge >= 0.3 is 0 Å². The normalized spacial score (nSPS) is 11.7. The maximum Gasteiger partial charge on any atom is 0.240 e. The zero-order valence-electron chi connectivity index (χ0n) is 11.7. The molecule has 0 saturated heterocycles. The molecule has 20 heavy (non-hydrogen) atoms. The first kappa shape index (κ1) is 14.7. The Kier molecular flexibility index (Phi) is 4.57. The Labute approximate surface area is 119 Å². The van der Waals surface area contributed by atoms with Gasteiger partial charge in [0.1, 0.15) is 0 Å². The van der Waals surface area contributed by atoms with Gasteiger partial charge in [-0.25, -0.2) is 13.1 Å². The first-order valence-electron chi connectivity index (χ1n) is 6.53. The van der Waals surface area contributed by atoms with E-state index in [4.69, 9.17) is 0 Å². The number of hydrogen-bond donors (Lipinski definition) is 1. The molecule has 0 amide bonds. The molecule has 0 aliphatic heterocycles. The Morgan fingerprint density at radius 1 is 1.30 bits per heavy atom. The van der Waals surface area contributed by atoms with E-state index in [9.17, 15) is 8.42 Å². The molecule has 1 heterocycles. The van der Waals surface area contributed by atoms with Crippen molar-refractivity contribution >= 4 is 10.0 Å². The molecule has 0 aliphatic rings. The number of sulfonamides is 1. The van der Waals surface area contributed by atoms with E-state index >= 15 is 0 Å². The van der Waals surface area contributed by atoms with Crippen LogP contribution in [0, 0.1) is 13.8 Å². The predicted octanol–water partition coefficient (Wildman–Crippen LogP) is 1.87. The smallest absolute Gasteiger partial charge is 0.240 e. The second-order valence-corrected chi connectivity index (χ2v) is 6.52. The lowest BCUT2D eigenvalue weighted by Gasteiger charge is -2.10. The molecule has 1 aromatic carbocycles. The van der Waals surface area contributed by atoms with Crippen LogP contribution >= 0.6 is 0 Å². The van der Waals surface area contributed by atoms with E-state index in [-0.39, 0.29) is 0 Å². The van der Waals surface area contributed by atoms with Crippen molar-refractivity contribution in [3.8, 4) is 0 Å². The molecule has 2 rings (SSSR count). The maximum atomic E-state index is 12.2. The largest absolute Gasteiger partial charge is 0.273 e. The molecule has 0 saturated carbocycles. The van der Waals surface area contributed by atoms with Gasteiger partial charge in [0.15, 0.2) is 0 Å². The summed E-state index contributed by atoms with van der Waals surface area (Å²) in [5.41, 5.74) is 1.82. The van der Waals surface area contributed by atoms with Gasteiger partial charge in [-0.15, -0.1) is 0 Å². The molecule has 1 N–H and O–H groups in total. The molecule has 108 valence electrons. The summed E-state index contributed by atoms with van der Waals surface area (Å²) < 4.78 is 28.8. The fourth-order valence-electron chi connectivity index (χ4n) is 2.06. The fourth-order valence-corrected chi connectivity index (χ4v) is 3.36. The Morgan fingerprint density at radius 3 is 2.75 bits per heavy atom. The third-order valence-corrected chi connectivity index (χ3v) is 4.66. The van der Waals surface area contributed by atoms with Gasteiger partial charge in [0, 0.05) is 25.5 Å². The average molecular weight is 293 g/mol. The molecule has 6 heteroatoms. The zero-order valence-corrected chi connectivity index (χ0v) is 12.5. The summed E-state index contributed by atoms with van der Waals surface area (Å²) in [5.74, 6) is 0. The van der Waals surface area contributed by atoms with Crippen LogP contribution in [-0.4, -0.2) is 24.7 Å². The third-order valence-electron chi connectivity index (χ3n) is 3.04. The van der Waals surface area contributed by atoms with E-state index in [0.717, 1.165) is 11.1 Å². The number of benzene rings is 1. The van der Waals surface area contributed by atoms with Crippen molar-refractivity contribution in [2.45, 2.75) is 31.7 Å². The summed E-state index contributed by atoms with van der Waals surface area (Å²) in [6.07, 6.45) is 4.27. The molecule has 0 atom stereocenters. The molecule has 2 aromatic rings. The summed E-state index contributed by atoms with van der Waals surface area (Å²) in [6.45, 7) is 4.85. The summed E-state index contributed by atoms with van der Waals surface area (Å²) in [6, 6.07) is 7.18. The minimum Gasteiger partial charge on any atom is -0.273 e. The summed E-state index contributed by atoms with van der Waals surface area (Å²) >= 11 is 0. The van der Waals surface area contributed by atoms with Crippen molar-refractivity contribution in [2.24, 2.45) is 0 Å². The molecule has 5 nitrogen and oxygen atoms in total. The van der Waals surface area contributed by atoms with Crippen LogP contribution in [0.2, 0.25) is 0 Å². The van der Waals surface area contributed by atoms with Crippen molar-refractivity contribution in [3.63, 3.8) is 0 Å². The van der Waals surface area contributed by atoms with Crippen LogP contribution in [0.25, 0.3) is 0 Å². The van der Waals surface area contributed by atoms with Crippen LogP contribution in [0.4, 0.5) is 0 Å². The quantitative estimate of drug-likeness (QED) is 0.827.